The Labute approximate surface area is 162 Å². The molecular formula is C19H29Cl2O3P. The fourth-order valence-electron chi connectivity index (χ4n) is 2.59. The number of esters is 1. The molecule has 0 aliphatic rings. The van der Waals surface area contributed by atoms with Gasteiger partial charge in [0.25, 0.3) is 6.85 Å². The molecule has 25 heavy (non-hydrogen) atoms. The predicted octanol–water partition coefficient (Wildman–Crippen LogP) is 6.86. The molecule has 0 saturated heterocycles. The number of carbonyl (C=O) groups excluding carboxylic acids is 1. The van der Waals surface area contributed by atoms with Gasteiger partial charge in [-0.15, -0.1) is 0 Å². The van der Waals surface area contributed by atoms with Gasteiger partial charge in [-0.3, -0.25) is 4.79 Å². The maximum Gasteiger partial charge on any atom is 0.306 e. The average Bonchev–Trinajstić information content (AvgIpc) is 2.43. The Balaban J connectivity index is 3.40. The van der Waals surface area contributed by atoms with Crippen LogP contribution in [0.4, 0.5) is 0 Å². The lowest BCUT2D eigenvalue weighted by Gasteiger charge is -2.30. The van der Waals surface area contributed by atoms with Crippen LogP contribution in [0.25, 0.3) is 0 Å². The first-order valence-electron chi connectivity index (χ1n) is 8.49. The summed E-state index contributed by atoms with van der Waals surface area (Å²) >= 11 is 12.0. The van der Waals surface area contributed by atoms with Gasteiger partial charge < -0.3 is 9.26 Å². The third-order valence-corrected chi connectivity index (χ3v) is 4.58. The fraction of sp³-hybridized carbons (Fsp3) is 0.632. The van der Waals surface area contributed by atoms with E-state index >= 15 is 0 Å². The molecule has 0 saturated carbocycles. The van der Waals surface area contributed by atoms with Crippen molar-refractivity contribution in [2.24, 2.45) is 0 Å². The predicted molar refractivity (Wildman–Crippen MR) is 108 cm³/mol. The molecule has 1 rings (SSSR count). The van der Waals surface area contributed by atoms with E-state index in [0.717, 1.165) is 22.4 Å². The summed E-state index contributed by atoms with van der Waals surface area (Å²) in [6.07, 6.45) is 0.987. The van der Waals surface area contributed by atoms with Gasteiger partial charge >= 0.3 is 5.97 Å². The Morgan fingerprint density at radius 1 is 1.04 bits per heavy atom. The summed E-state index contributed by atoms with van der Waals surface area (Å²) in [4.78, 5) is 11.7. The highest BCUT2D eigenvalue weighted by Crippen LogP contribution is 2.52. The minimum absolute atomic E-state index is 0.144. The minimum atomic E-state index is -1.57. The summed E-state index contributed by atoms with van der Waals surface area (Å²) < 4.78 is 10.9. The van der Waals surface area contributed by atoms with Crippen LogP contribution >= 0.6 is 29.3 Å². The molecule has 0 radical (unpaired) electrons. The number of aryl methyl sites for hydroxylation is 1. The van der Waals surface area contributed by atoms with E-state index in [1.54, 1.807) is 0 Å². The zero-order valence-corrected chi connectivity index (χ0v) is 18.6. The summed E-state index contributed by atoms with van der Waals surface area (Å²) in [6, 6.07) is 4.19. The highest BCUT2D eigenvalue weighted by molar-refractivity contribution is 8.00. The third-order valence-electron chi connectivity index (χ3n) is 3.85. The number of rotatable bonds is 6. The van der Waals surface area contributed by atoms with Gasteiger partial charge in [0.1, 0.15) is 5.75 Å². The summed E-state index contributed by atoms with van der Waals surface area (Å²) in [5, 5.41) is 0. The van der Waals surface area contributed by atoms with Gasteiger partial charge in [-0.2, -0.15) is 0 Å². The quantitative estimate of drug-likeness (QED) is 0.382. The summed E-state index contributed by atoms with van der Waals surface area (Å²) in [6.45, 7) is 13.4. The van der Waals surface area contributed by atoms with Crippen molar-refractivity contribution in [3.63, 3.8) is 0 Å². The third kappa shape index (κ3) is 6.96. The molecule has 142 valence electrons. The molecule has 0 atom stereocenters. The van der Waals surface area contributed by atoms with Crippen molar-refractivity contribution in [2.75, 3.05) is 6.61 Å². The van der Waals surface area contributed by atoms with Crippen molar-refractivity contribution in [3.8, 4) is 5.75 Å². The van der Waals surface area contributed by atoms with E-state index in [2.05, 4.69) is 53.7 Å². The Bertz CT molecular complexity index is 567. The Hall–Kier alpha value is -0.500. The van der Waals surface area contributed by atoms with E-state index in [1.807, 2.05) is 6.92 Å². The largest absolute Gasteiger partial charge is 0.466 e. The Kier molecular flexibility index (Phi) is 8.05. The molecule has 0 aliphatic heterocycles. The van der Waals surface area contributed by atoms with Crippen LogP contribution < -0.4 is 4.52 Å². The zero-order chi connectivity index (χ0) is 19.4. The average molecular weight is 407 g/mol. The van der Waals surface area contributed by atoms with Gasteiger partial charge in [-0.1, -0.05) is 53.7 Å². The van der Waals surface area contributed by atoms with E-state index < -0.39 is 6.85 Å². The van der Waals surface area contributed by atoms with Crippen LogP contribution in [0, 0.1) is 0 Å². The number of ether oxygens (including phenoxy) is 1. The number of carbonyl (C=O) groups is 1. The molecule has 1 aromatic carbocycles. The number of hydrogen-bond acceptors (Lipinski definition) is 3. The molecule has 0 aromatic heterocycles. The highest BCUT2D eigenvalue weighted by Gasteiger charge is 2.29. The minimum Gasteiger partial charge on any atom is -0.466 e. The smallest absolute Gasteiger partial charge is 0.306 e. The SMILES string of the molecule is CCOC(=O)CCc1cc(C(C)(C)C)c(OP(Cl)Cl)c(C(C)(C)C)c1. The van der Waals surface area contributed by atoms with Gasteiger partial charge in [-0.25, -0.2) is 0 Å². The first-order chi connectivity index (χ1) is 11.4. The highest BCUT2D eigenvalue weighted by atomic mass is 35.9. The van der Waals surface area contributed by atoms with E-state index in [9.17, 15) is 4.79 Å². The van der Waals surface area contributed by atoms with Crippen LogP contribution in [0.15, 0.2) is 12.1 Å². The molecule has 1 aromatic rings. The van der Waals surface area contributed by atoms with Crippen LogP contribution in [-0.4, -0.2) is 12.6 Å². The van der Waals surface area contributed by atoms with Gasteiger partial charge in [-0.05, 0) is 52.2 Å². The maximum absolute atomic E-state index is 11.7. The zero-order valence-electron chi connectivity index (χ0n) is 16.2. The monoisotopic (exact) mass is 406 g/mol. The van der Waals surface area contributed by atoms with Gasteiger partial charge in [0.15, 0.2) is 0 Å². The molecule has 0 amide bonds. The molecular weight excluding hydrogens is 378 g/mol. The van der Waals surface area contributed by atoms with Crippen molar-refractivity contribution in [1.29, 1.82) is 0 Å². The Morgan fingerprint density at radius 3 is 1.88 bits per heavy atom. The molecule has 0 bridgehead atoms. The van der Waals surface area contributed by atoms with Crippen LogP contribution in [0.5, 0.6) is 5.75 Å². The first kappa shape index (κ1) is 22.5. The molecule has 0 aliphatic carbocycles. The molecule has 0 unspecified atom stereocenters. The molecule has 0 fully saturated rings. The standard InChI is InChI=1S/C19H29Cl2O3P/c1-8-23-16(22)10-9-13-11-14(18(2,3)4)17(24-25(20)21)15(12-13)19(5,6)7/h11-12H,8-10H2,1-7H3. The lowest BCUT2D eigenvalue weighted by atomic mass is 9.78. The van der Waals surface area contributed by atoms with Crippen molar-refractivity contribution >= 4 is 35.3 Å². The van der Waals surface area contributed by atoms with Gasteiger partial charge in [0.05, 0.1) is 6.61 Å². The summed E-state index contributed by atoms with van der Waals surface area (Å²) in [5.74, 6) is 0.582. The molecule has 6 heteroatoms. The molecule has 0 spiro atoms. The van der Waals surface area contributed by atoms with Crippen molar-refractivity contribution < 1.29 is 14.1 Å². The fourth-order valence-corrected chi connectivity index (χ4v) is 3.34. The van der Waals surface area contributed by atoms with E-state index in [0.29, 0.717) is 19.4 Å². The van der Waals surface area contributed by atoms with Crippen LogP contribution in [0.3, 0.4) is 0 Å². The van der Waals surface area contributed by atoms with Crippen LogP contribution in [0.2, 0.25) is 0 Å². The van der Waals surface area contributed by atoms with Crippen LogP contribution in [0.1, 0.15) is 71.6 Å². The maximum atomic E-state index is 11.7. The summed E-state index contributed by atoms with van der Waals surface area (Å²) in [5.41, 5.74) is 2.90. The number of hydrogen-bond donors (Lipinski definition) is 0. The number of benzene rings is 1. The van der Waals surface area contributed by atoms with Crippen molar-refractivity contribution in [2.45, 2.75) is 72.1 Å². The number of halogens is 2. The van der Waals surface area contributed by atoms with E-state index in [-0.39, 0.29) is 16.8 Å². The molecule has 0 N–H and O–H groups in total. The second-order valence-corrected chi connectivity index (χ2v) is 11.1. The van der Waals surface area contributed by atoms with Crippen LogP contribution in [-0.2, 0) is 26.8 Å². The summed E-state index contributed by atoms with van der Waals surface area (Å²) in [7, 11) is 0. The topological polar surface area (TPSA) is 35.5 Å². The first-order valence-corrected chi connectivity index (χ1v) is 11.6. The van der Waals surface area contributed by atoms with E-state index in [1.165, 1.54) is 0 Å². The molecule has 3 nitrogen and oxygen atoms in total. The normalized spacial score (nSPS) is 12.4. The van der Waals surface area contributed by atoms with Crippen molar-refractivity contribution in [3.05, 3.63) is 28.8 Å². The van der Waals surface area contributed by atoms with Gasteiger partial charge in [0, 0.05) is 17.5 Å². The molecule has 0 heterocycles. The van der Waals surface area contributed by atoms with Crippen molar-refractivity contribution in [1.82, 2.24) is 0 Å². The van der Waals surface area contributed by atoms with Gasteiger partial charge in [0.2, 0.25) is 0 Å². The lowest BCUT2D eigenvalue weighted by molar-refractivity contribution is -0.143. The second-order valence-electron chi connectivity index (χ2n) is 8.12. The second kappa shape index (κ2) is 8.93. The van der Waals surface area contributed by atoms with E-state index in [4.69, 9.17) is 31.7 Å². The Morgan fingerprint density at radius 2 is 1.52 bits per heavy atom. The lowest BCUT2D eigenvalue weighted by Crippen LogP contribution is -2.19.